The minimum atomic E-state index is -1.28. The van der Waals surface area contributed by atoms with Crippen molar-refractivity contribution in [1.82, 2.24) is 9.97 Å². The molecule has 2 nitrogen and oxygen atoms in total. The SMILES string of the molecule is CC(C)c1ccnc(-c2[c-]ccc(-c3ccccc3)c2)c1.C[Si](C)(C)c1ccc(-c2[c-]cc(Cc3ccccc3)cc2)nc1.[Ir]. The zero-order chi connectivity index (χ0) is 30.9. The van der Waals surface area contributed by atoms with Gasteiger partial charge >= 0.3 is 0 Å². The Kier molecular flexibility index (Phi) is 12.0. The second-order valence-corrected chi connectivity index (χ2v) is 17.5. The molecule has 0 saturated carbocycles. The topological polar surface area (TPSA) is 25.8 Å². The molecular formula is C41H40IrN2Si-2. The van der Waals surface area contributed by atoms with E-state index in [1.165, 1.54) is 33.0 Å². The number of hydrogen-bond donors (Lipinski definition) is 0. The van der Waals surface area contributed by atoms with Crippen molar-refractivity contribution in [2.45, 2.75) is 45.8 Å². The molecule has 0 N–H and O–H groups in total. The van der Waals surface area contributed by atoms with Gasteiger partial charge in [0, 0.05) is 32.5 Å². The standard InChI is InChI=1S/C21H22NSi.C20H18N.Ir/c1-23(2,3)20-13-14-21(22-16-20)19-11-9-18(10-12-19)15-17-7-5-4-6-8-17;1-15(2)17-11-12-21-20(14-17)19-10-6-9-18(13-19)16-7-4-3-5-8-16;/h4-11,13-14,16H,15H2,1-3H3;3-9,11-15H,1-2H3;/q2*-1;. The van der Waals surface area contributed by atoms with Gasteiger partial charge in [-0.2, -0.15) is 0 Å². The van der Waals surface area contributed by atoms with Crippen molar-refractivity contribution < 1.29 is 20.1 Å². The van der Waals surface area contributed by atoms with E-state index in [0.717, 1.165) is 28.9 Å². The molecule has 229 valence electrons. The number of nitrogens with zero attached hydrogens (tertiary/aromatic N) is 2. The van der Waals surface area contributed by atoms with E-state index in [-0.39, 0.29) is 20.1 Å². The Morgan fingerprint density at radius 1 is 0.644 bits per heavy atom. The molecule has 2 aromatic heterocycles. The molecule has 0 spiro atoms. The Morgan fingerprint density at radius 2 is 1.38 bits per heavy atom. The maximum absolute atomic E-state index is 4.63. The summed E-state index contributed by atoms with van der Waals surface area (Å²) in [6.07, 6.45) is 4.86. The van der Waals surface area contributed by atoms with E-state index < -0.39 is 8.07 Å². The average molecular weight is 781 g/mol. The molecule has 0 bridgehead atoms. The van der Waals surface area contributed by atoms with Crippen LogP contribution in [0.25, 0.3) is 33.6 Å². The predicted octanol–water partition coefficient (Wildman–Crippen LogP) is 10.0. The number of aromatic nitrogens is 2. The monoisotopic (exact) mass is 781 g/mol. The molecular weight excluding hydrogens is 741 g/mol. The van der Waals surface area contributed by atoms with Crippen LogP contribution in [0, 0.1) is 12.1 Å². The Balaban J connectivity index is 0.000000201. The van der Waals surface area contributed by atoms with Crippen molar-refractivity contribution in [3.05, 3.63) is 163 Å². The maximum atomic E-state index is 4.63. The van der Waals surface area contributed by atoms with E-state index >= 15 is 0 Å². The largest absolute Gasteiger partial charge is 0.305 e. The average Bonchev–Trinajstić information content (AvgIpc) is 3.06. The summed E-state index contributed by atoms with van der Waals surface area (Å²) >= 11 is 0. The van der Waals surface area contributed by atoms with Crippen molar-refractivity contribution in [2.75, 3.05) is 0 Å². The van der Waals surface area contributed by atoms with E-state index in [0.29, 0.717) is 5.92 Å². The van der Waals surface area contributed by atoms with Crippen LogP contribution in [0.2, 0.25) is 19.6 Å². The summed E-state index contributed by atoms with van der Waals surface area (Å²) in [5.41, 5.74) is 10.4. The Hall–Kier alpha value is -3.95. The summed E-state index contributed by atoms with van der Waals surface area (Å²) in [7, 11) is -1.28. The smallest absolute Gasteiger partial charge is 0.0795 e. The van der Waals surface area contributed by atoms with Gasteiger partial charge in [-0.05, 0) is 40.5 Å². The van der Waals surface area contributed by atoms with Crippen LogP contribution in [0.3, 0.4) is 0 Å². The van der Waals surface area contributed by atoms with E-state index in [4.69, 9.17) is 0 Å². The zero-order valence-corrected chi connectivity index (χ0v) is 30.1. The molecule has 0 amide bonds. The van der Waals surface area contributed by atoms with E-state index in [1.54, 1.807) is 0 Å². The molecule has 0 aliphatic carbocycles. The Bertz CT molecular complexity index is 1760. The summed E-state index contributed by atoms with van der Waals surface area (Å²) in [6.45, 7) is 11.4. The normalized spacial score (nSPS) is 10.9. The fourth-order valence-electron chi connectivity index (χ4n) is 4.93. The van der Waals surface area contributed by atoms with Gasteiger partial charge in [-0.3, -0.25) is 0 Å². The molecule has 0 aliphatic heterocycles. The van der Waals surface area contributed by atoms with Gasteiger partial charge < -0.3 is 9.97 Å². The van der Waals surface area contributed by atoms with Gasteiger partial charge in [-0.1, -0.05) is 123 Å². The van der Waals surface area contributed by atoms with Crippen molar-refractivity contribution in [3.8, 4) is 33.6 Å². The molecule has 6 aromatic rings. The third kappa shape index (κ3) is 9.52. The van der Waals surface area contributed by atoms with Crippen LogP contribution >= 0.6 is 0 Å². The van der Waals surface area contributed by atoms with Gasteiger partial charge in [0.15, 0.2) is 0 Å². The van der Waals surface area contributed by atoms with E-state index in [9.17, 15) is 0 Å². The molecule has 0 unspecified atom stereocenters. The molecule has 0 atom stereocenters. The van der Waals surface area contributed by atoms with Gasteiger partial charge in [0.1, 0.15) is 0 Å². The molecule has 0 fully saturated rings. The van der Waals surface area contributed by atoms with E-state index in [2.05, 4.69) is 165 Å². The Labute approximate surface area is 284 Å². The van der Waals surface area contributed by atoms with Gasteiger partial charge in [0.2, 0.25) is 0 Å². The third-order valence-electron chi connectivity index (χ3n) is 7.67. The van der Waals surface area contributed by atoms with Crippen LogP contribution in [-0.2, 0) is 26.5 Å². The first-order chi connectivity index (χ1) is 21.3. The molecule has 4 heteroatoms. The fraction of sp³-hybridized carbons (Fsp3) is 0.171. The van der Waals surface area contributed by atoms with Crippen LogP contribution in [0.15, 0.2) is 134 Å². The summed E-state index contributed by atoms with van der Waals surface area (Å²) < 4.78 is 0. The number of pyridine rings is 2. The predicted molar refractivity (Wildman–Crippen MR) is 189 cm³/mol. The molecule has 4 aromatic carbocycles. The second-order valence-electron chi connectivity index (χ2n) is 12.4. The number of rotatable bonds is 7. The van der Waals surface area contributed by atoms with Crippen LogP contribution in [0.1, 0.15) is 36.5 Å². The van der Waals surface area contributed by atoms with Gasteiger partial charge in [-0.25, -0.2) is 0 Å². The summed E-state index contributed by atoms with van der Waals surface area (Å²) in [4.78, 5) is 9.13. The van der Waals surface area contributed by atoms with Gasteiger partial charge in [0.25, 0.3) is 0 Å². The van der Waals surface area contributed by atoms with Gasteiger partial charge in [-0.15, -0.1) is 70.8 Å². The summed E-state index contributed by atoms with van der Waals surface area (Å²) in [6, 6.07) is 48.8. The fourth-order valence-corrected chi connectivity index (χ4v) is 5.97. The molecule has 45 heavy (non-hydrogen) atoms. The molecule has 1 radical (unpaired) electrons. The Morgan fingerprint density at radius 3 is 2.00 bits per heavy atom. The second kappa shape index (κ2) is 15.9. The maximum Gasteiger partial charge on any atom is 0.0795 e. The van der Waals surface area contributed by atoms with Crippen molar-refractivity contribution >= 4 is 13.3 Å². The first-order valence-corrected chi connectivity index (χ1v) is 18.8. The number of hydrogen-bond acceptors (Lipinski definition) is 2. The van der Waals surface area contributed by atoms with Crippen LogP contribution in [0.4, 0.5) is 0 Å². The molecule has 0 aliphatic rings. The summed E-state index contributed by atoms with van der Waals surface area (Å²) in [5, 5.41) is 1.39. The van der Waals surface area contributed by atoms with E-state index in [1.807, 2.05) is 24.5 Å². The van der Waals surface area contributed by atoms with Crippen molar-refractivity contribution in [3.63, 3.8) is 0 Å². The molecule has 2 heterocycles. The van der Waals surface area contributed by atoms with Crippen LogP contribution in [-0.4, -0.2) is 18.0 Å². The first kappa shape index (κ1) is 33.9. The van der Waals surface area contributed by atoms with Crippen LogP contribution < -0.4 is 5.19 Å². The van der Waals surface area contributed by atoms with Crippen molar-refractivity contribution in [1.29, 1.82) is 0 Å². The molecule has 0 saturated heterocycles. The summed E-state index contributed by atoms with van der Waals surface area (Å²) in [5.74, 6) is 0.504. The minimum Gasteiger partial charge on any atom is -0.305 e. The quantitative estimate of drug-likeness (QED) is 0.119. The van der Waals surface area contributed by atoms with Crippen molar-refractivity contribution in [2.24, 2.45) is 0 Å². The number of benzene rings is 4. The van der Waals surface area contributed by atoms with Crippen LogP contribution in [0.5, 0.6) is 0 Å². The zero-order valence-electron chi connectivity index (χ0n) is 26.7. The molecule has 6 rings (SSSR count). The minimum absolute atomic E-state index is 0. The first-order valence-electron chi connectivity index (χ1n) is 15.3. The third-order valence-corrected chi connectivity index (χ3v) is 9.70. The van der Waals surface area contributed by atoms with Gasteiger partial charge in [0.05, 0.1) is 8.07 Å².